The maximum atomic E-state index is 14.1. The molecule has 0 amide bonds. The Bertz CT molecular complexity index is 699. The summed E-state index contributed by atoms with van der Waals surface area (Å²) >= 11 is 0. The number of anilines is 1. The van der Waals surface area contributed by atoms with Crippen LogP contribution in [0, 0.1) is 39.8 Å². The fraction of sp³-hybridized carbons (Fsp3) is 0.312. The highest BCUT2D eigenvalue weighted by molar-refractivity contribution is 5.65. The molecule has 1 N–H and O–H groups in total. The van der Waals surface area contributed by atoms with Gasteiger partial charge in [0.25, 0.3) is 0 Å². The lowest BCUT2D eigenvalue weighted by Crippen LogP contribution is -2.13. The van der Waals surface area contributed by atoms with Crippen LogP contribution in [0.1, 0.15) is 25.7 Å². The van der Waals surface area contributed by atoms with E-state index in [1.807, 2.05) is 0 Å². The molecule has 1 aromatic carbocycles. The first-order chi connectivity index (χ1) is 10.7. The Morgan fingerprint density at radius 3 is 2.41 bits per heavy atom. The van der Waals surface area contributed by atoms with Gasteiger partial charge in [0.05, 0.1) is 6.10 Å². The van der Waals surface area contributed by atoms with Crippen LogP contribution in [0.25, 0.3) is 0 Å². The van der Waals surface area contributed by atoms with Crippen LogP contribution < -0.4 is 10.1 Å². The van der Waals surface area contributed by atoms with Gasteiger partial charge in [-0.2, -0.15) is 15.8 Å². The second-order valence-corrected chi connectivity index (χ2v) is 4.85. The number of hydrogen-bond donors (Lipinski definition) is 1. The smallest absolute Gasteiger partial charge is 0.163 e. The van der Waals surface area contributed by atoms with E-state index in [-0.39, 0.29) is 23.2 Å². The summed E-state index contributed by atoms with van der Waals surface area (Å²) in [5.41, 5.74) is -0.738. The highest BCUT2D eigenvalue weighted by Crippen LogP contribution is 2.32. The van der Waals surface area contributed by atoms with Crippen LogP contribution in [0.5, 0.6) is 5.75 Å². The highest BCUT2D eigenvalue weighted by atomic mass is 19.1. The largest absolute Gasteiger partial charge is 0.488 e. The van der Waals surface area contributed by atoms with Crippen molar-refractivity contribution in [1.29, 1.82) is 15.8 Å². The number of halogens is 1. The summed E-state index contributed by atoms with van der Waals surface area (Å²) in [6, 6.07) is 9.24. The molecular weight excluding hydrogens is 283 g/mol. The molecule has 6 heteroatoms. The maximum absolute atomic E-state index is 14.1. The quantitative estimate of drug-likeness (QED) is 0.860. The Labute approximate surface area is 127 Å². The Hall–Kier alpha value is -3.04. The van der Waals surface area contributed by atoms with Crippen LogP contribution in [0.15, 0.2) is 29.5 Å². The van der Waals surface area contributed by atoms with Crippen molar-refractivity contribution >= 4 is 5.69 Å². The Kier molecular flexibility index (Phi) is 4.96. The van der Waals surface area contributed by atoms with Crippen molar-refractivity contribution in [2.24, 2.45) is 0 Å². The number of para-hydroxylation sites is 1. The van der Waals surface area contributed by atoms with Gasteiger partial charge in [-0.3, -0.25) is 0 Å². The molecule has 0 bridgehead atoms. The lowest BCUT2D eigenvalue weighted by atomic mass is 10.2. The molecule has 1 aliphatic carbocycles. The molecule has 0 aliphatic heterocycles. The van der Waals surface area contributed by atoms with E-state index in [0.717, 1.165) is 25.7 Å². The van der Waals surface area contributed by atoms with Crippen molar-refractivity contribution in [3.63, 3.8) is 0 Å². The average molecular weight is 296 g/mol. The normalized spacial score (nSPS) is 13.5. The van der Waals surface area contributed by atoms with Gasteiger partial charge < -0.3 is 10.1 Å². The van der Waals surface area contributed by atoms with E-state index in [4.69, 9.17) is 20.5 Å². The van der Waals surface area contributed by atoms with E-state index in [0.29, 0.717) is 0 Å². The topological polar surface area (TPSA) is 92.6 Å². The fourth-order valence-electron chi connectivity index (χ4n) is 2.32. The Balaban J connectivity index is 2.34. The van der Waals surface area contributed by atoms with Crippen molar-refractivity contribution in [1.82, 2.24) is 0 Å². The molecule has 0 unspecified atom stereocenters. The van der Waals surface area contributed by atoms with Gasteiger partial charge >= 0.3 is 0 Å². The van der Waals surface area contributed by atoms with Gasteiger partial charge in [0.15, 0.2) is 5.57 Å². The van der Waals surface area contributed by atoms with E-state index in [1.165, 1.54) is 12.1 Å². The van der Waals surface area contributed by atoms with Crippen LogP contribution in [0.3, 0.4) is 0 Å². The zero-order valence-electron chi connectivity index (χ0n) is 11.8. The molecule has 0 atom stereocenters. The Morgan fingerprint density at radius 2 is 1.82 bits per heavy atom. The molecule has 110 valence electrons. The molecule has 22 heavy (non-hydrogen) atoms. The van der Waals surface area contributed by atoms with Gasteiger partial charge in [-0.15, -0.1) is 0 Å². The molecule has 1 aliphatic rings. The minimum absolute atomic E-state index is 0.0169. The molecule has 0 saturated heterocycles. The zero-order valence-corrected chi connectivity index (χ0v) is 11.8. The van der Waals surface area contributed by atoms with E-state index in [1.54, 1.807) is 24.3 Å². The second kappa shape index (κ2) is 7.11. The molecule has 1 fully saturated rings. The van der Waals surface area contributed by atoms with Crippen LogP contribution in [-0.4, -0.2) is 6.10 Å². The van der Waals surface area contributed by atoms with E-state index >= 15 is 0 Å². The molecule has 1 saturated carbocycles. The van der Waals surface area contributed by atoms with Crippen LogP contribution >= 0.6 is 0 Å². The minimum Gasteiger partial charge on any atom is -0.488 e. The number of ether oxygens (including phenoxy) is 1. The zero-order chi connectivity index (χ0) is 15.9. The third-order valence-corrected chi connectivity index (χ3v) is 3.41. The van der Waals surface area contributed by atoms with Crippen molar-refractivity contribution in [2.75, 3.05) is 5.32 Å². The van der Waals surface area contributed by atoms with Gasteiger partial charge in [0.2, 0.25) is 0 Å². The minimum atomic E-state index is -0.613. The fourth-order valence-corrected chi connectivity index (χ4v) is 2.32. The van der Waals surface area contributed by atoms with Crippen LogP contribution in [0.2, 0.25) is 0 Å². The van der Waals surface area contributed by atoms with E-state index in [2.05, 4.69) is 5.32 Å². The first kappa shape index (κ1) is 15.4. The van der Waals surface area contributed by atoms with Crippen molar-refractivity contribution < 1.29 is 9.13 Å². The average Bonchev–Trinajstić information content (AvgIpc) is 3.03. The number of allylic oxidation sites excluding steroid dienone is 2. The van der Waals surface area contributed by atoms with Crippen LogP contribution in [0.4, 0.5) is 10.1 Å². The number of hydrogen-bond acceptors (Lipinski definition) is 5. The van der Waals surface area contributed by atoms with Crippen molar-refractivity contribution in [3.8, 4) is 24.0 Å². The van der Waals surface area contributed by atoms with Gasteiger partial charge in [-0.1, -0.05) is 6.07 Å². The van der Waals surface area contributed by atoms with E-state index in [9.17, 15) is 4.39 Å². The predicted octanol–water partition coefficient (Wildman–Crippen LogP) is 3.38. The van der Waals surface area contributed by atoms with Gasteiger partial charge in [-0.05, 0) is 37.8 Å². The monoisotopic (exact) mass is 296 g/mol. The molecule has 5 nitrogen and oxygen atoms in total. The number of benzene rings is 1. The lowest BCUT2D eigenvalue weighted by molar-refractivity contribution is 0.210. The summed E-state index contributed by atoms with van der Waals surface area (Å²) in [5.74, 6) is -0.339. The second-order valence-electron chi connectivity index (χ2n) is 4.85. The van der Waals surface area contributed by atoms with Gasteiger partial charge in [0, 0.05) is 0 Å². The summed E-state index contributed by atoms with van der Waals surface area (Å²) in [6.07, 6.45) is 3.96. The lowest BCUT2D eigenvalue weighted by Gasteiger charge is -2.17. The number of nitrogens with zero attached hydrogens (tertiary/aromatic N) is 3. The first-order valence-corrected chi connectivity index (χ1v) is 6.86. The van der Waals surface area contributed by atoms with Gasteiger partial charge in [-0.25, -0.2) is 4.39 Å². The molecular formula is C16H13FN4O. The molecule has 0 aromatic heterocycles. The summed E-state index contributed by atoms with van der Waals surface area (Å²) in [5, 5.41) is 29.2. The molecule has 1 aromatic rings. The van der Waals surface area contributed by atoms with Crippen LogP contribution in [-0.2, 0) is 0 Å². The van der Waals surface area contributed by atoms with E-state index < -0.39 is 11.4 Å². The van der Waals surface area contributed by atoms with Gasteiger partial charge in [0.1, 0.15) is 41.2 Å². The summed E-state index contributed by atoms with van der Waals surface area (Å²) in [7, 11) is 0. The summed E-state index contributed by atoms with van der Waals surface area (Å²) in [4.78, 5) is 0. The third kappa shape index (κ3) is 3.34. The van der Waals surface area contributed by atoms with Crippen molar-refractivity contribution in [2.45, 2.75) is 31.8 Å². The number of nitrogens with one attached hydrogen (secondary N) is 1. The summed E-state index contributed by atoms with van der Waals surface area (Å²) < 4.78 is 19.8. The summed E-state index contributed by atoms with van der Waals surface area (Å²) in [6.45, 7) is 0. The number of nitriles is 3. The molecule has 2 rings (SSSR count). The SMILES string of the molecule is N#CC(C#N)=C(C#N)Nc1c(F)cccc1OC1CCCC1. The first-order valence-electron chi connectivity index (χ1n) is 6.86. The molecule has 0 heterocycles. The maximum Gasteiger partial charge on any atom is 0.163 e. The highest BCUT2D eigenvalue weighted by Gasteiger charge is 2.20. The predicted molar refractivity (Wildman–Crippen MR) is 76.8 cm³/mol. The molecule has 0 spiro atoms. The van der Waals surface area contributed by atoms with Crippen molar-refractivity contribution in [3.05, 3.63) is 35.3 Å². The third-order valence-electron chi connectivity index (χ3n) is 3.41. The number of rotatable bonds is 4. The molecule has 0 radical (unpaired) electrons. The standard InChI is InChI=1S/C16H13FN4O/c17-13-6-3-7-15(22-12-4-1-2-5-12)16(13)21-14(10-20)11(8-18)9-19/h3,6-7,12,21H,1-2,4-5H2. The Morgan fingerprint density at radius 1 is 1.14 bits per heavy atom.